The summed E-state index contributed by atoms with van der Waals surface area (Å²) in [5.74, 6) is 0.737. The van der Waals surface area contributed by atoms with Crippen molar-refractivity contribution in [3.63, 3.8) is 0 Å². The van der Waals surface area contributed by atoms with Crippen LogP contribution in [-0.2, 0) is 21.4 Å². The third kappa shape index (κ3) is 2.38. The summed E-state index contributed by atoms with van der Waals surface area (Å²) < 4.78 is 5.64. The molecule has 0 N–H and O–H groups in total. The fourth-order valence-electron chi connectivity index (χ4n) is 5.60. The van der Waals surface area contributed by atoms with Gasteiger partial charge in [0.25, 0.3) is 0 Å². The SMILES string of the molecule is COC1CCC2(CCC3Cc4ccccc4C(C)(CC2)C3=O)C1. The lowest BCUT2D eigenvalue weighted by Crippen LogP contribution is -2.45. The molecule has 23 heavy (non-hydrogen) atoms. The highest BCUT2D eigenvalue weighted by atomic mass is 16.5. The molecule has 0 aliphatic heterocycles. The van der Waals surface area contributed by atoms with Crippen LogP contribution >= 0.6 is 0 Å². The van der Waals surface area contributed by atoms with E-state index in [9.17, 15) is 4.79 Å². The van der Waals surface area contributed by atoms with E-state index < -0.39 is 0 Å². The number of ether oxygens (including phenoxy) is 1. The van der Waals surface area contributed by atoms with Crippen LogP contribution in [0.2, 0.25) is 0 Å². The second-order valence-electron chi connectivity index (χ2n) is 8.39. The molecule has 1 aromatic carbocycles. The molecule has 4 rings (SSSR count). The average Bonchev–Trinajstić information content (AvgIpc) is 2.99. The van der Waals surface area contributed by atoms with Crippen LogP contribution in [0.25, 0.3) is 0 Å². The van der Waals surface area contributed by atoms with Crippen molar-refractivity contribution in [2.75, 3.05) is 7.11 Å². The van der Waals surface area contributed by atoms with Crippen molar-refractivity contribution >= 4 is 5.78 Å². The monoisotopic (exact) mass is 312 g/mol. The molecule has 0 heterocycles. The number of Topliss-reactive ketones (excluding diaryl/α,β-unsaturated/α-hetero) is 1. The Bertz CT molecular complexity index is 622. The minimum absolute atomic E-state index is 0.230. The van der Waals surface area contributed by atoms with Gasteiger partial charge in [0.1, 0.15) is 5.78 Å². The van der Waals surface area contributed by atoms with Crippen molar-refractivity contribution in [1.29, 1.82) is 0 Å². The van der Waals surface area contributed by atoms with Crippen molar-refractivity contribution in [2.24, 2.45) is 11.3 Å². The van der Waals surface area contributed by atoms with Gasteiger partial charge in [0, 0.05) is 13.0 Å². The van der Waals surface area contributed by atoms with Gasteiger partial charge in [-0.05, 0) is 74.8 Å². The minimum atomic E-state index is -0.266. The first-order valence-corrected chi connectivity index (χ1v) is 9.22. The van der Waals surface area contributed by atoms with Crippen LogP contribution in [0.3, 0.4) is 0 Å². The van der Waals surface area contributed by atoms with Crippen molar-refractivity contribution in [2.45, 2.75) is 69.8 Å². The normalized spacial score (nSPS) is 39.8. The number of benzene rings is 1. The van der Waals surface area contributed by atoms with Crippen molar-refractivity contribution < 1.29 is 9.53 Å². The molecule has 3 aliphatic carbocycles. The van der Waals surface area contributed by atoms with E-state index in [0.717, 1.165) is 19.3 Å². The first-order chi connectivity index (χ1) is 11.1. The molecule has 0 amide bonds. The van der Waals surface area contributed by atoms with E-state index in [4.69, 9.17) is 4.74 Å². The smallest absolute Gasteiger partial charge is 0.146 e. The standard InChI is InChI=1S/C21H28O2/c1-20-11-12-21(10-8-17(14-21)23-2)9-7-16(19(20)22)13-15-5-3-4-6-18(15)20/h3-6,16-17H,7-14H2,1-2H3. The maximum Gasteiger partial charge on any atom is 0.146 e. The van der Waals surface area contributed by atoms with Gasteiger partial charge in [-0.15, -0.1) is 0 Å². The van der Waals surface area contributed by atoms with Crippen molar-refractivity contribution in [3.8, 4) is 0 Å². The summed E-state index contributed by atoms with van der Waals surface area (Å²) in [6, 6.07) is 8.66. The molecule has 0 saturated heterocycles. The Balaban J connectivity index is 1.68. The molecule has 0 aromatic heterocycles. The van der Waals surface area contributed by atoms with Crippen molar-refractivity contribution in [3.05, 3.63) is 35.4 Å². The summed E-state index contributed by atoms with van der Waals surface area (Å²) in [7, 11) is 1.85. The molecular weight excluding hydrogens is 284 g/mol. The number of hydrogen-bond donors (Lipinski definition) is 0. The van der Waals surface area contributed by atoms with E-state index in [2.05, 4.69) is 31.2 Å². The zero-order chi connectivity index (χ0) is 16.1. The summed E-state index contributed by atoms with van der Waals surface area (Å²) in [4.78, 5) is 13.2. The first kappa shape index (κ1) is 15.4. The molecule has 3 aliphatic rings. The second kappa shape index (κ2) is 5.44. The lowest BCUT2D eigenvalue weighted by atomic mass is 9.58. The third-order valence-electron chi connectivity index (χ3n) is 7.16. The lowest BCUT2D eigenvalue weighted by Gasteiger charge is -2.44. The van der Waals surface area contributed by atoms with Crippen LogP contribution in [0.4, 0.5) is 0 Å². The van der Waals surface area contributed by atoms with Crippen molar-refractivity contribution in [1.82, 2.24) is 0 Å². The molecule has 2 saturated carbocycles. The van der Waals surface area contributed by atoms with Crippen LogP contribution in [0.5, 0.6) is 0 Å². The van der Waals surface area contributed by atoms with Crippen LogP contribution in [-0.4, -0.2) is 19.0 Å². The lowest BCUT2D eigenvalue weighted by molar-refractivity contribution is -0.130. The Morgan fingerprint density at radius 1 is 1.09 bits per heavy atom. The largest absolute Gasteiger partial charge is 0.381 e. The van der Waals surface area contributed by atoms with Gasteiger partial charge in [-0.2, -0.15) is 0 Å². The van der Waals surface area contributed by atoms with Gasteiger partial charge in [0.15, 0.2) is 0 Å². The number of methoxy groups -OCH3 is 1. The minimum Gasteiger partial charge on any atom is -0.381 e. The topological polar surface area (TPSA) is 26.3 Å². The number of rotatable bonds is 1. The molecule has 4 unspecified atom stereocenters. The Kier molecular flexibility index (Phi) is 3.64. The van der Waals surface area contributed by atoms with E-state index >= 15 is 0 Å². The van der Waals surface area contributed by atoms with E-state index in [1.54, 1.807) is 0 Å². The molecule has 1 aromatic rings. The highest BCUT2D eigenvalue weighted by molar-refractivity contribution is 5.94. The molecule has 4 atom stereocenters. The Morgan fingerprint density at radius 3 is 2.65 bits per heavy atom. The van der Waals surface area contributed by atoms with Crippen LogP contribution in [0.1, 0.15) is 63.0 Å². The number of carbonyl (C=O) groups is 1. The molecule has 2 bridgehead atoms. The maximum absolute atomic E-state index is 13.2. The Labute approximate surface area is 139 Å². The fourth-order valence-corrected chi connectivity index (χ4v) is 5.60. The van der Waals surface area contributed by atoms with Crippen LogP contribution < -0.4 is 0 Å². The van der Waals surface area contributed by atoms with E-state index in [0.29, 0.717) is 17.3 Å². The predicted molar refractivity (Wildman–Crippen MR) is 91.5 cm³/mol. The summed E-state index contributed by atoms with van der Waals surface area (Å²) >= 11 is 0. The van der Waals surface area contributed by atoms with Crippen LogP contribution in [0, 0.1) is 11.3 Å². The number of carbonyl (C=O) groups excluding carboxylic acids is 1. The van der Waals surface area contributed by atoms with Gasteiger partial charge in [0.05, 0.1) is 11.5 Å². The molecular formula is C21H28O2. The first-order valence-electron chi connectivity index (χ1n) is 9.22. The zero-order valence-corrected chi connectivity index (χ0v) is 14.4. The Morgan fingerprint density at radius 2 is 1.87 bits per heavy atom. The molecule has 2 heteroatoms. The van der Waals surface area contributed by atoms with Crippen LogP contribution in [0.15, 0.2) is 24.3 Å². The number of hydrogen-bond acceptors (Lipinski definition) is 2. The van der Waals surface area contributed by atoms with E-state index in [-0.39, 0.29) is 11.3 Å². The van der Waals surface area contributed by atoms with Gasteiger partial charge in [-0.3, -0.25) is 4.79 Å². The number of ketones is 1. The summed E-state index contributed by atoms with van der Waals surface area (Å²) in [6.07, 6.45) is 9.53. The van der Waals surface area contributed by atoms with Gasteiger partial charge in [-0.1, -0.05) is 24.3 Å². The van der Waals surface area contributed by atoms with Gasteiger partial charge in [0.2, 0.25) is 0 Å². The Hall–Kier alpha value is -1.15. The van der Waals surface area contributed by atoms with Gasteiger partial charge >= 0.3 is 0 Å². The van der Waals surface area contributed by atoms with Gasteiger partial charge < -0.3 is 4.74 Å². The quantitative estimate of drug-likeness (QED) is 0.766. The highest BCUT2D eigenvalue weighted by Crippen LogP contribution is 2.53. The highest BCUT2D eigenvalue weighted by Gasteiger charge is 2.49. The van der Waals surface area contributed by atoms with E-state index in [1.807, 2.05) is 7.11 Å². The molecule has 1 spiro atoms. The summed E-state index contributed by atoms with van der Waals surface area (Å²) in [5.41, 5.74) is 2.88. The molecule has 0 radical (unpaired) electrons. The third-order valence-corrected chi connectivity index (χ3v) is 7.16. The molecule has 2 nitrogen and oxygen atoms in total. The summed E-state index contributed by atoms with van der Waals surface area (Å²) in [6.45, 7) is 2.21. The average molecular weight is 312 g/mol. The molecule has 124 valence electrons. The zero-order valence-electron chi connectivity index (χ0n) is 14.4. The number of fused-ring (bicyclic) bond motifs is 4. The fraction of sp³-hybridized carbons (Fsp3) is 0.667. The van der Waals surface area contributed by atoms with Gasteiger partial charge in [-0.25, -0.2) is 0 Å². The molecule has 2 fully saturated rings. The van der Waals surface area contributed by atoms with E-state index in [1.165, 1.54) is 43.2 Å². The maximum atomic E-state index is 13.2. The second-order valence-corrected chi connectivity index (χ2v) is 8.39. The predicted octanol–water partition coefficient (Wildman–Crippen LogP) is 4.45. The summed E-state index contributed by atoms with van der Waals surface area (Å²) in [5, 5.41) is 0.